The van der Waals surface area contributed by atoms with Gasteiger partial charge in [0, 0.05) is 5.02 Å². The number of carbonyl (C=O) groups excluding carboxylic acids is 1. The van der Waals surface area contributed by atoms with E-state index in [2.05, 4.69) is 10.4 Å². The van der Waals surface area contributed by atoms with Crippen molar-refractivity contribution in [2.24, 2.45) is 0 Å². The molecule has 0 aliphatic carbocycles. The molecule has 0 spiro atoms. The second-order valence-corrected chi connectivity index (χ2v) is 6.56. The highest BCUT2D eigenvalue weighted by Gasteiger charge is 2.18. The predicted molar refractivity (Wildman–Crippen MR) is 102 cm³/mol. The first-order valence-electron chi connectivity index (χ1n) is 8.35. The molecule has 1 atom stereocenters. The van der Waals surface area contributed by atoms with Crippen LogP contribution in [0.15, 0.2) is 48.7 Å². The summed E-state index contributed by atoms with van der Waals surface area (Å²) in [5.74, 6) is -0.596. The Balaban J connectivity index is 1.79. The maximum atomic E-state index is 13.9. The van der Waals surface area contributed by atoms with Gasteiger partial charge in [0.1, 0.15) is 0 Å². The molecule has 3 aromatic rings. The minimum Gasteiger partial charge on any atom is -0.494 e. The van der Waals surface area contributed by atoms with Crippen LogP contribution in [0.1, 0.15) is 34.6 Å². The third-order valence-electron chi connectivity index (χ3n) is 4.33. The Kier molecular flexibility index (Phi) is 5.46. The number of methoxy groups -OCH3 is 1. The van der Waals surface area contributed by atoms with Crippen LogP contribution in [-0.4, -0.2) is 22.8 Å². The zero-order valence-corrected chi connectivity index (χ0v) is 15.9. The van der Waals surface area contributed by atoms with Gasteiger partial charge in [0.15, 0.2) is 11.6 Å². The summed E-state index contributed by atoms with van der Waals surface area (Å²) in [6, 6.07) is 11.4. The molecule has 5 nitrogen and oxygen atoms in total. The van der Waals surface area contributed by atoms with Crippen LogP contribution in [0, 0.1) is 12.7 Å². The summed E-state index contributed by atoms with van der Waals surface area (Å²) in [7, 11) is 1.41. The van der Waals surface area contributed by atoms with Crippen LogP contribution in [0.4, 0.5) is 4.39 Å². The van der Waals surface area contributed by atoms with Crippen LogP contribution in [-0.2, 0) is 0 Å². The van der Waals surface area contributed by atoms with Crippen LogP contribution in [0.5, 0.6) is 5.75 Å². The molecule has 0 aliphatic heterocycles. The lowest BCUT2D eigenvalue weighted by Crippen LogP contribution is -2.27. The second-order valence-electron chi connectivity index (χ2n) is 6.12. The number of rotatable bonds is 5. The average Bonchev–Trinajstić information content (AvgIpc) is 3.03. The third-order valence-corrected chi connectivity index (χ3v) is 4.57. The number of carbonyl (C=O) groups is 1. The maximum Gasteiger partial charge on any atom is 0.255 e. The van der Waals surface area contributed by atoms with Crippen LogP contribution >= 0.6 is 11.6 Å². The molecule has 140 valence electrons. The average molecular weight is 388 g/mol. The first-order valence-corrected chi connectivity index (χ1v) is 8.73. The summed E-state index contributed by atoms with van der Waals surface area (Å²) < 4.78 is 20.5. The van der Waals surface area contributed by atoms with Crippen molar-refractivity contribution in [1.29, 1.82) is 0 Å². The molecule has 0 saturated heterocycles. The van der Waals surface area contributed by atoms with Gasteiger partial charge in [0.05, 0.1) is 36.3 Å². The lowest BCUT2D eigenvalue weighted by Gasteiger charge is -2.15. The lowest BCUT2D eigenvalue weighted by atomic mass is 10.1. The molecule has 0 saturated carbocycles. The summed E-state index contributed by atoms with van der Waals surface area (Å²) in [6.45, 7) is 3.59. The van der Waals surface area contributed by atoms with E-state index in [9.17, 15) is 9.18 Å². The monoisotopic (exact) mass is 387 g/mol. The second kappa shape index (κ2) is 7.80. The first kappa shape index (κ1) is 18.9. The van der Waals surface area contributed by atoms with E-state index in [1.54, 1.807) is 36.7 Å². The molecular weight excluding hydrogens is 369 g/mol. The Morgan fingerprint density at radius 1 is 1.30 bits per heavy atom. The van der Waals surface area contributed by atoms with Gasteiger partial charge in [-0.05, 0) is 49.7 Å². The predicted octanol–water partition coefficient (Wildman–Crippen LogP) is 4.47. The van der Waals surface area contributed by atoms with E-state index in [-0.39, 0.29) is 17.7 Å². The normalized spacial score (nSPS) is 11.9. The van der Waals surface area contributed by atoms with Crippen LogP contribution < -0.4 is 10.1 Å². The van der Waals surface area contributed by atoms with Gasteiger partial charge in [-0.2, -0.15) is 5.10 Å². The molecular formula is C20H19ClFN3O2. The number of ether oxygens (including phenoxy) is 1. The number of aromatic nitrogens is 2. The van der Waals surface area contributed by atoms with Crippen molar-refractivity contribution in [2.45, 2.75) is 19.9 Å². The lowest BCUT2D eigenvalue weighted by molar-refractivity contribution is 0.0939. The van der Waals surface area contributed by atoms with Gasteiger partial charge in [-0.1, -0.05) is 23.7 Å². The number of nitrogens with zero attached hydrogens (tertiary/aromatic N) is 2. The molecule has 3 rings (SSSR count). The third kappa shape index (κ3) is 3.95. The minimum atomic E-state index is -0.471. The maximum absolute atomic E-state index is 13.9. The Bertz CT molecular complexity index is 987. The van der Waals surface area contributed by atoms with E-state index in [1.165, 1.54) is 25.4 Å². The van der Waals surface area contributed by atoms with Crippen LogP contribution in [0.2, 0.25) is 5.02 Å². The highest BCUT2D eigenvalue weighted by Crippen LogP contribution is 2.23. The highest BCUT2D eigenvalue weighted by molar-refractivity contribution is 6.30. The van der Waals surface area contributed by atoms with Gasteiger partial charge in [-0.25, -0.2) is 9.07 Å². The molecule has 1 heterocycles. The molecule has 27 heavy (non-hydrogen) atoms. The number of benzene rings is 2. The molecule has 7 heteroatoms. The van der Waals surface area contributed by atoms with Crippen molar-refractivity contribution in [3.63, 3.8) is 0 Å². The van der Waals surface area contributed by atoms with E-state index < -0.39 is 5.82 Å². The number of hydrogen-bond acceptors (Lipinski definition) is 3. The van der Waals surface area contributed by atoms with Crippen molar-refractivity contribution in [2.75, 3.05) is 7.11 Å². The number of halogens is 2. The summed E-state index contributed by atoms with van der Waals surface area (Å²) >= 11 is 6.03. The summed E-state index contributed by atoms with van der Waals surface area (Å²) in [5, 5.41) is 7.74. The largest absolute Gasteiger partial charge is 0.494 e. The van der Waals surface area contributed by atoms with E-state index in [1.807, 2.05) is 12.1 Å². The zero-order chi connectivity index (χ0) is 19.6. The van der Waals surface area contributed by atoms with Gasteiger partial charge in [0.25, 0.3) is 5.91 Å². The van der Waals surface area contributed by atoms with Gasteiger partial charge in [-0.3, -0.25) is 4.79 Å². The fourth-order valence-electron chi connectivity index (χ4n) is 2.81. The standard InChI is InChI=1S/C20H19ClFN3O2/c1-12(14-7-8-19(27-3)18(22)9-14)24-20(26)17-11-23-25(13(17)2)16-6-4-5-15(21)10-16/h4-12H,1-3H3,(H,24,26). The van der Waals surface area contributed by atoms with E-state index in [0.29, 0.717) is 21.8 Å². The van der Waals surface area contributed by atoms with E-state index in [0.717, 1.165) is 5.69 Å². The molecule has 0 radical (unpaired) electrons. The molecule has 1 aromatic heterocycles. The molecule has 0 aliphatic rings. The van der Waals surface area contributed by atoms with Crippen molar-refractivity contribution in [1.82, 2.24) is 15.1 Å². The quantitative estimate of drug-likeness (QED) is 0.702. The Labute approximate surface area is 161 Å². The van der Waals surface area contributed by atoms with E-state index in [4.69, 9.17) is 16.3 Å². The van der Waals surface area contributed by atoms with Gasteiger partial charge in [0.2, 0.25) is 0 Å². The number of amides is 1. The van der Waals surface area contributed by atoms with Gasteiger partial charge in [-0.15, -0.1) is 0 Å². The van der Waals surface area contributed by atoms with Crippen LogP contribution in [0.3, 0.4) is 0 Å². The van der Waals surface area contributed by atoms with Gasteiger partial charge >= 0.3 is 0 Å². The zero-order valence-electron chi connectivity index (χ0n) is 15.2. The number of hydrogen-bond donors (Lipinski definition) is 1. The minimum absolute atomic E-state index is 0.163. The summed E-state index contributed by atoms with van der Waals surface area (Å²) in [5.41, 5.74) is 2.53. The Morgan fingerprint density at radius 2 is 2.07 bits per heavy atom. The molecule has 2 aromatic carbocycles. The fraction of sp³-hybridized carbons (Fsp3) is 0.200. The smallest absolute Gasteiger partial charge is 0.255 e. The SMILES string of the molecule is COc1ccc(C(C)NC(=O)c2cnn(-c3cccc(Cl)c3)c2C)cc1F. The molecule has 1 unspecified atom stereocenters. The fourth-order valence-corrected chi connectivity index (χ4v) is 2.99. The van der Waals surface area contributed by atoms with Crippen molar-refractivity contribution >= 4 is 17.5 Å². The topological polar surface area (TPSA) is 56.1 Å². The Hall–Kier alpha value is -2.86. The number of nitrogens with one attached hydrogen (secondary N) is 1. The van der Waals surface area contributed by atoms with Crippen molar-refractivity contribution < 1.29 is 13.9 Å². The van der Waals surface area contributed by atoms with E-state index >= 15 is 0 Å². The van der Waals surface area contributed by atoms with Gasteiger partial charge < -0.3 is 10.1 Å². The molecule has 0 fully saturated rings. The molecule has 0 bridgehead atoms. The van der Waals surface area contributed by atoms with Crippen molar-refractivity contribution in [3.8, 4) is 11.4 Å². The molecule has 1 N–H and O–H groups in total. The summed E-state index contributed by atoms with van der Waals surface area (Å²) in [6.07, 6.45) is 1.51. The molecule has 1 amide bonds. The first-order chi connectivity index (χ1) is 12.9. The van der Waals surface area contributed by atoms with Crippen molar-refractivity contribution in [3.05, 3.63) is 76.3 Å². The van der Waals surface area contributed by atoms with Crippen LogP contribution in [0.25, 0.3) is 5.69 Å². The Morgan fingerprint density at radius 3 is 2.74 bits per heavy atom. The highest BCUT2D eigenvalue weighted by atomic mass is 35.5. The summed E-state index contributed by atoms with van der Waals surface area (Å²) in [4.78, 5) is 12.7.